The second-order valence-electron chi connectivity index (χ2n) is 6.62. The fourth-order valence-corrected chi connectivity index (χ4v) is 2.85. The lowest BCUT2D eigenvalue weighted by atomic mass is 9.98. The Bertz CT molecular complexity index is 765. The number of aromatic nitrogens is 2. The van der Waals surface area contributed by atoms with Crippen LogP contribution in [0.25, 0.3) is 0 Å². The summed E-state index contributed by atoms with van der Waals surface area (Å²) < 4.78 is 1.77. The van der Waals surface area contributed by atoms with Crippen LogP contribution < -0.4 is 5.32 Å². The molecule has 0 spiro atoms. The summed E-state index contributed by atoms with van der Waals surface area (Å²) in [6.07, 6.45) is 1.91. The van der Waals surface area contributed by atoms with Crippen LogP contribution in [-0.4, -0.2) is 33.3 Å². The van der Waals surface area contributed by atoms with Crippen LogP contribution in [0.4, 0.5) is 0 Å². The summed E-state index contributed by atoms with van der Waals surface area (Å²) in [6, 6.07) is 7.91. The molecule has 134 valence electrons. The van der Waals surface area contributed by atoms with E-state index < -0.39 is 11.9 Å². The standard InChI is InChI=1S/C19H25N3O3/c1-12(2)22-14(4)17(11-21-22)18(23)20-10-16(19(24)25)9-15-7-5-6-13(3)8-15/h5-8,11-12,16H,9-10H2,1-4H3,(H,20,23)(H,24,25). The molecule has 2 rings (SSSR count). The largest absolute Gasteiger partial charge is 0.481 e. The number of carboxylic acid groups (broad SMARTS) is 1. The zero-order chi connectivity index (χ0) is 18.6. The van der Waals surface area contributed by atoms with Crippen molar-refractivity contribution in [3.8, 4) is 0 Å². The van der Waals surface area contributed by atoms with Gasteiger partial charge in [0.15, 0.2) is 0 Å². The normalized spacial score (nSPS) is 12.2. The number of carbonyl (C=O) groups is 2. The Morgan fingerprint density at radius 2 is 2.00 bits per heavy atom. The van der Waals surface area contributed by atoms with Crippen LogP contribution in [0.1, 0.15) is 47.1 Å². The number of hydrogen-bond acceptors (Lipinski definition) is 3. The van der Waals surface area contributed by atoms with Crippen LogP contribution in [0.3, 0.4) is 0 Å². The van der Waals surface area contributed by atoms with E-state index in [1.165, 1.54) is 6.20 Å². The van der Waals surface area contributed by atoms with Crippen molar-refractivity contribution in [1.82, 2.24) is 15.1 Å². The molecule has 0 saturated carbocycles. The van der Waals surface area contributed by atoms with E-state index in [0.717, 1.165) is 16.8 Å². The summed E-state index contributed by atoms with van der Waals surface area (Å²) in [7, 11) is 0. The molecule has 1 unspecified atom stereocenters. The van der Waals surface area contributed by atoms with Gasteiger partial charge in [-0.15, -0.1) is 0 Å². The van der Waals surface area contributed by atoms with Crippen molar-refractivity contribution in [3.63, 3.8) is 0 Å². The Balaban J connectivity index is 2.03. The monoisotopic (exact) mass is 343 g/mol. The molecule has 0 saturated heterocycles. The molecule has 25 heavy (non-hydrogen) atoms. The Kier molecular flexibility index (Phi) is 5.96. The third kappa shape index (κ3) is 4.68. The molecule has 2 N–H and O–H groups in total. The Labute approximate surface area is 147 Å². The first-order valence-electron chi connectivity index (χ1n) is 8.40. The number of benzene rings is 1. The Hall–Kier alpha value is -2.63. The van der Waals surface area contributed by atoms with Crippen molar-refractivity contribution < 1.29 is 14.7 Å². The third-order valence-electron chi connectivity index (χ3n) is 4.20. The average molecular weight is 343 g/mol. The molecule has 0 aliphatic carbocycles. The van der Waals surface area contributed by atoms with Gasteiger partial charge in [-0.05, 0) is 39.7 Å². The van der Waals surface area contributed by atoms with Crippen molar-refractivity contribution in [2.45, 2.75) is 40.2 Å². The second kappa shape index (κ2) is 7.96. The van der Waals surface area contributed by atoms with Gasteiger partial charge in [-0.1, -0.05) is 29.8 Å². The molecule has 0 aliphatic rings. The summed E-state index contributed by atoms with van der Waals surface area (Å²) in [5.41, 5.74) is 3.29. The highest BCUT2D eigenvalue weighted by atomic mass is 16.4. The van der Waals surface area contributed by atoms with Crippen LogP contribution in [0.15, 0.2) is 30.5 Å². The van der Waals surface area contributed by atoms with Gasteiger partial charge < -0.3 is 10.4 Å². The van der Waals surface area contributed by atoms with E-state index in [0.29, 0.717) is 12.0 Å². The van der Waals surface area contributed by atoms with Crippen LogP contribution in [-0.2, 0) is 11.2 Å². The number of aryl methyl sites for hydroxylation is 1. The molecular formula is C19H25N3O3. The molecule has 0 fully saturated rings. The molecule has 0 aliphatic heterocycles. The van der Waals surface area contributed by atoms with Crippen LogP contribution in [0, 0.1) is 19.8 Å². The smallest absolute Gasteiger partial charge is 0.308 e. The van der Waals surface area contributed by atoms with Crippen molar-refractivity contribution in [3.05, 3.63) is 52.8 Å². The number of amides is 1. The summed E-state index contributed by atoms with van der Waals surface area (Å²) in [5, 5.41) is 16.4. The zero-order valence-corrected chi connectivity index (χ0v) is 15.1. The molecule has 6 heteroatoms. The van der Waals surface area contributed by atoms with Gasteiger partial charge in [-0.2, -0.15) is 5.10 Å². The minimum atomic E-state index is -0.920. The summed E-state index contributed by atoms with van der Waals surface area (Å²) in [5.74, 6) is -1.89. The minimum absolute atomic E-state index is 0.0778. The maximum atomic E-state index is 12.4. The van der Waals surface area contributed by atoms with Crippen molar-refractivity contribution in [2.75, 3.05) is 6.54 Å². The zero-order valence-electron chi connectivity index (χ0n) is 15.1. The predicted molar refractivity (Wildman–Crippen MR) is 95.7 cm³/mol. The van der Waals surface area contributed by atoms with E-state index in [1.54, 1.807) is 4.68 Å². The topological polar surface area (TPSA) is 84.2 Å². The first-order valence-corrected chi connectivity index (χ1v) is 8.40. The van der Waals surface area contributed by atoms with Gasteiger partial charge in [0.2, 0.25) is 0 Å². The number of rotatable bonds is 7. The summed E-state index contributed by atoms with van der Waals surface area (Å²) in [6.45, 7) is 7.86. The molecule has 6 nitrogen and oxygen atoms in total. The fourth-order valence-electron chi connectivity index (χ4n) is 2.85. The number of carboxylic acids is 1. The lowest BCUT2D eigenvalue weighted by molar-refractivity contribution is -0.141. The highest BCUT2D eigenvalue weighted by Gasteiger charge is 2.21. The van der Waals surface area contributed by atoms with Gasteiger partial charge in [0.05, 0.1) is 17.7 Å². The summed E-state index contributed by atoms with van der Waals surface area (Å²) in [4.78, 5) is 23.9. The lowest BCUT2D eigenvalue weighted by Crippen LogP contribution is -2.34. The molecule has 1 aromatic heterocycles. The van der Waals surface area contributed by atoms with E-state index in [9.17, 15) is 14.7 Å². The number of aliphatic carboxylic acids is 1. The van der Waals surface area contributed by atoms with E-state index in [4.69, 9.17) is 0 Å². The van der Waals surface area contributed by atoms with Gasteiger partial charge in [0.1, 0.15) is 0 Å². The van der Waals surface area contributed by atoms with Gasteiger partial charge in [0, 0.05) is 18.3 Å². The first kappa shape index (κ1) is 18.7. The lowest BCUT2D eigenvalue weighted by Gasteiger charge is -2.14. The number of nitrogens with one attached hydrogen (secondary N) is 1. The highest BCUT2D eigenvalue weighted by Crippen LogP contribution is 2.14. The molecule has 1 heterocycles. The van der Waals surface area contributed by atoms with Gasteiger partial charge >= 0.3 is 5.97 Å². The Morgan fingerprint density at radius 3 is 2.56 bits per heavy atom. The molecule has 1 atom stereocenters. The molecule has 0 radical (unpaired) electrons. The first-order chi connectivity index (χ1) is 11.8. The SMILES string of the molecule is Cc1cccc(CC(CNC(=O)c2cnn(C(C)C)c2C)C(=O)O)c1. The Morgan fingerprint density at radius 1 is 1.28 bits per heavy atom. The minimum Gasteiger partial charge on any atom is -0.481 e. The van der Waals surface area contributed by atoms with Crippen molar-refractivity contribution in [1.29, 1.82) is 0 Å². The van der Waals surface area contributed by atoms with E-state index in [1.807, 2.05) is 52.0 Å². The van der Waals surface area contributed by atoms with Crippen LogP contribution >= 0.6 is 0 Å². The van der Waals surface area contributed by atoms with Gasteiger partial charge in [-0.25, -0.2) is 0 Å². The number of carbonyl (C=O) groups excluding carboxylic acids is 1. The van der Waals surface area contributed by atoms with Crippen LogP contribution in [0.2, 0.25) is 0 Å². The highest BCUT2D eigenvalue weighted by molar-refractivity contribution is 5.95. The fraction of sp³-hybridized carbons (Fsp3) is 0.421. The predicted octanol–water partition coefficient (Wildman–Crippen LogP) is 2.75. The van der Waals surface area contributed by atoms with Crippen molar-refractivity contribution >= 4 is 11.9 Å². The summed E-state index contributed by atoms with van der Waals surface area (Å²) >= 11 is 0. The molecule has 1 amide bonds. The van der Waals surface area contributed by atoms with Gasteiger partial charge in [-0.3, -0.25) is 14.3 Å². The van der Waals surface area contributed by atoms with E-state index >= 15 is 0 Å². The molecule has 1 aromatic carbocycles. The maximum Gasteiger partial charge on any atom is 0.308 e. The molecular weight excluding hydrogens is 318 g/mol. The number of hydrogen-bond donors (Lipinski definition) is 2. The quantitative estimate of drug-likeness (QED) is 0.809. The van der Waals surface area contributed by atoms with Crippen LogP contribution in [0.5, 0.6) is 0 Å². The second-order valence-corrected chi connectivity index (χ2v) is 6.62. The third-order valence-corrected chi connectivity index (χ3v) is 4.20. The average Bonchev–Trinajstić information content (AvgIpc) is 2.92. The van der Waals surface area contributed by atoms with E-state index in [-0.39, 0.29) is 18.5 Å². The molecule has 2 aromatic rings. The van der Waals surface area contributed by atoms with Crippen molar-refractivity contribution in [2.24, 2.45) is 5.92 Å². The van der Waals surface area contributed by atoms with E-state index in [2.05, 4.69) is 10.4 Å². The van der Waals surface area contributed by atoms with Gasteiger partial charge in [0.25, 0.3) is 5.91 Å². The maximum absolute atomic E-state index is 12.4. The number of nitrogens with zero attached hydrogens (tertiary/aromatic N) is 2. The molecule has 0 bridgehead atoms.